The van der Waals surface area contributed by atoms with Crippen LogP contribution in [0.4, 0.5) is 10.5 Å². The van der Waals surface area contributed by atoms with Crippen LogP contribution in [0.2, 0.25) is 0 Å². The minimum Gasteiger partial charge on any atom is -0.496 e. The lowest BCUT2D eigenvalue weighted by molar-refractivity contribution is -0.204. The van der Waals surface area contributed by atoms with E-state index in [1.54, 1.807) is 11.9 Å². The Morgan fingerprint density at radius 3 is 2.22 bits per heavy atom. The van der Waals surface area contributed by atoms with Gasteiger partial charge in [0.2, 0.25) is 11.8 Å². The summed E-state index contributed by atoms with van der Waals surface area (Å²) in [5, 5.41) is 72.9. The predicted octanol–water partition coefficient (Wildman–Crippen LogP) is 0.474. The van der Waals surface area contributed by atoms with Crippen LogP contribution in [0.1, 0.15) is 68.3 Å². The number of hydrazine groups is 1. The van der Waals surface area contributed by atoms with Crippen molar-refractivity contribution in [2.75, 3.05) is 123 Å². The molecule has 2 bridgehead atoms. The summed E-state index contributed by atoms with van der Waals surface area (Å²) < 4.78 is 17.7. The van der Waals surface area contributed by atoms with Crippen LogP contribution >= 0.6 is 21.6 Å². The van der Waals surface area contributed by atoms with E-state index in [0.717, 1.165) is 43.6 Å². The van der Waals surface area contributed by atoms with Crippen molar-refractivity contribution >= 4 is 85.9 Å². The molecule has 11 atom stereocenters. The number of nitrogens with one attached hydrogen (secondary N) is 5. The van der Waals surface area contributed by atoms with Gasteiger partial charge in [0, 0.05) is 116 Å². The van der Waals surface area contributed by atoms with Gasteiger partial charge in [0.1, 0.15) is 29.9 Å². The number of carboxylic acids is 3. The summed E-state index contributed by atoms with van der Waals surface area (Å²) in [5.41, 5.74) is 1.32. The first kappa shape index (κ1) is 66.7. The Bertz CT molecular complexity index is 3250. The van der Waals surface area contributed by atoms with Gasteiger partial charge in [0.25, 0.3) is 5.91 Å². The quantitative estimate of drug-likeness (QED) is 0.0181. The number of aliphatic hydroxyl groups is 3. The SMILES string of the molecule is CC[C@]1(O)C[C@H]2CN(CCc3c([nH]c4ccccc34)[C@@](C(=O)OC)(c3cc4c(cc3OC)N(C)[C@H]3[C@@](O)(C(=O)NNC(=O)OCCSSC[C@H](NC(=O)CN(CCN(CC(=O)O)CC(=O)NC)CC(=O)O)C(=O)O)[C@H](O)[C@]5(CC)C=CCN6CC[C@]43[C@@H]65)C2)C1. The largest absolute Gasteiger partial charge is 0.496 e. The zero-order chi connectivity index (χ0) is 64.4. The molecular weight excluding hydrogens is 1200 g/mol. The molecule has 3 fully saturated rings. The third-order valence-corrected chi connectivity index (χ3v) is 21.7. The monoisotopic (exact) mass is 1280 g/mol. The number of carbonyl (C=O) groups is 8. The van der Waals surface area contributed by atoms with Crippen molar-refractivity contribution in [3.8, 4) is 5.75 Å². The van der Waals surface area contributed by atoms with E-state index in [-0.39, 0.29) is 56.5 Å². The molecule has 11 N–H and O–H groups in total. The average molecular weight is 1280 g/mol. The van der Waals surface area contributed by atoms with Gasteiger partial charge in [-0.1, -0.05) is 65.8 Å². The molecule has 4 amide bonds. The van der Waals surface area contributed by atoms with Gasteiger partial charge in [0.15, 0.2) is 5.60 Å². The zero-order valence-corrected chi connectivity index (χ0v) is 52.5. The topological polar surface area (TPSA) is 366 Å². The summed E-state index contributed by atoms with van der Waals surface area (Å²) >= 11 is 0. The minimum absolute atomic E-state index is 0.0973. The number of fused-ring (bicyclic) bond motifs is 6. The summed E-state index contributed by atoms with van der Waals surface area (Å²) in [6, 6.07) is 8.69. The average Bonchev–Trinajstić information content (AvgIpc) is 1.52. The van der Waals surface area contributed by atoms with Crippen molar-refractivity contribution in [1.82, 2.24) is 46.1 Å². The highest BCUT2D eigenvalue weighted by atomic mass is 33.1. The number of nitrogens with zero attached hydrogens (tertiary/aromatic N) is 5. The Kier molecular flexibility index (Phi) is 20.3. The van der Waals surface area contributed by atoms with Crippen molar-refractivity contribution in [3.63, 3.8) is 0 Å². The van der Waals surface area contributed by atoms with E-state index in [9.17, 15) is 59.4 Å². The lowest BCUT2D eigenvalue weighted by Crippen LogP contribution is -2.82. The number of methoxy groups -OCH3 is 2. The molecule has 2 saturated heterocycles. The number of ether oxygens (including phenoxy) is 3. The van der Waals surface area contributed by atoms with E-state index in [2.05, 4.69) is 36.3 Å². The summed E-state index contributed by atoms with van der Waals surface area (Å²) in [6.07, 6.45) is 3.43. The Morgan fingerprint density at radius 2 is 1.57 bits per heavy atom. The van der Waals surface area contributed by atoms with Gasteiger partial charge in [-0.05, 0) is 74.2 Å². The lowest BCUT2D eigenvalue weighted by Gasteiger charge is -2.63. The number of hydrogen-bond acceptors (Lipinski definition) is 21. The molecule has 486 valence electrons. The molecule has 9 rings (SSSR count). The molecule has 6 heterocycles. The summed E-state index contributed by atoms with van der Waals surface area (Å²) in [5.74, 6) is -6.79. The maximum Gasteiger partial charge on any atom is 0.426 e. The number of rotatable bonds is 25. The highest BCUT2D eigenvalue weighted by molar-refractivity contribution is 8.76. The zero-order valence-electron chi connectivity index (χ0n) is 50.9. The van der Waals surface area contributed by atoms with Crippen molar-refractivity contribution in [2.45, 2.75) is 98.6 Å². The number of amides is 4. The Morgan fingerprint density at radius 1 is 0.865 bits per heavy atom. The number of piperidine rings is 1. The van der Waals surface area contributed by atoms with Crippen molar-refractivity contribution in [1.29, 1.82) is 0 Å². The van der Waals surface area contributed by atoms with E-state index >= 15 is 9.59 Å². The molecule has 1 aliphatic carbocycles. The van der Waals surface area contributed by atoms with Gasteiger partial charge in [-0.25, -0.2) is 15.0 Å². The molecule has 89 heavy (non-hydrogen) atoms. The van der Waals surface area contributed by atoms with E-state index < -0.39 is 119 Å². The van der Waals surface area contributed by atoms with Crippen molar-refractivity contribution in [2.24, 2.45) is 11.3 Å². The smallest absolute Gasteiger partial charge is 0.426 e. The number of benzene rings is 2. The highest BCUT2D eigenvalue weighted by Crippen LogP contribution is 2.67. The minimum atomic E-state index is -2.65. The molecule has 29 heteroatoms. The van der Waals surface area contributed by atoms with Crippen LogP contribution in [0.25, 0.3) is 10.9 Å². The van der Waals surface area contributed by atoms with Gasteiger partial charge in [-0.2, -0.15) is 0 Å². The van der Waals surface area contributed by atoms with Crippen molar-refractivity contribution < 1.29 is 83.2 Å². The van der Waals surface area contributed by atoms with Crippen LogP contribution in [-0.2, 0) is 60.3 Å². The number of likely N-dealkylation sites (N-methyl/N-ethyl adjacent to an activating group) is 2. The maximum absolute atomic E-state index is 15.5. The number of hydrogen-bond donors (Lipinski definition) is 11. The predicted molar refractivity (Wildman–Crippen MR) is 328 cm³/mol. The lowest BCUT2D eigenvalue weighted by atomic mass is 9.47. The first-order valence-corrected chi connectivity index (χ1v) is 32.4. The summed E-state index contributed by atoms with van der Waals surface area (Å²) in [7, 11) is 8.16. The van der Waals surface area contributed by atoms with Crippen LogP contribution in [0.5, 0.6) is 5.75 Å². The molecule has 1 aromatic heterocycles. The maximum atomic E-state index is 15.5. The number of aliphatic hydroxyl groups excluding tert-OH is 1. The third-order valence-electron chi connectivity index (χ3n) is 19.3. The number of H-pyrrole nitrogens is 1. The number of aliphatic carboxylic acids is 3. The second kappa shape index (κ2) is 27.0. The fourth-order valence-corrected chi connectivity index (χ4v) is 17.6. The molecule has 27 nitrogen and oxygen atoms in total. The molecule has 3 aromatic rings. The molecule has 5 aliphatic heterocycles. The second-order valence-corrected chi connectivity index (χ2v) is 26.9. The van der Waals surface area contributed by atoms with Crippen molar-refractivity contribution in [3.05, 3.63) is 70.9 Å². The first-order chi connectivity index (χ1) is 42.4. The fourth-order valence-electron chi connectivity index (χ4n) is 15.6. The number of para-hydroxylation sites is 1. The van der Waals surface area contributed by atoms with Crippen LogP contribution < -0.4 is 31.1 Å². The Labute approximate surface area is 522 Å². The number of carboxylic acid groups (broad SMARTS) is 3. The molecule has 0 radical (unpaired) electrons. The summed E-state index contributed by atoms with van der Waals surface area (Å²) in [6.45, 7) is 4.17. The highest BCUT2D eigenvalue weighted by Gasteiger charge is 2.79. The van der Waals surface area contributed by atoms with Crippen LogP contribution in [0.15, 0.2) is 48.6 Å². The number of anilines is 1. The molecule has 6 aliphatic rings. The molecular formula is C60H82N10O17S2. The van der Waals surface area contributed by atoms with E-state index in [4.69, 9.17) is 14.2 Å². The van der Waals surface area contributed by atoms with E-state index in [0.29, 0.717) is 81.1 Å². The first-order valence-electron chi connectivity index (χ1n) is 29.9. The number of aromatic nitrogens is 1. The number of aromatic amines is 1. The summed E-state index contributed by atoms with van der Waals surface area (Å²) in [4.78, 5) is 117. The second-order valence-electron chi connectivity index (χ2n) is 24.3. The normalized spacial score (nSPS) is 28.7. The Hall–Kier alpha value is -6.70. The Balaban J connectivity index is 0.930. The number of carbonyl (C=O) groups excluding carboxylic acids is 5. The van der Waals surface area contributed by atoms with Crippen LogP contribution in [0, 0.1) is 11.3 Å². The number of esters is 1. The molecule has 1 saturated carbocycles. The standard InChI is InChI=1S/C60H82N10O17S2/c1-7-56(83)26-35-27-59(54(81)86-6,48-37(14-18-69(28-35)34-56)36-12-9-10-13-40(36)63-48)39-24-38-42(25-43(39)85-5)66(4)51-58(38)16-19-70-17-11-15-57(8-2,50(58)70)52(79)60(51,84)53(80)64-65-55(82)87-22-23-88-89-33-41(49(77)78)62-45(72)30-68(32-47(75)76)21-20-67(31-46(73)74)29-44(71)61-3/h9-13,15,24-25,35,41,50-52,63,79,83-84H,7-8,14,16-23,26-34H2,1-6H3,(H,61,71)(H,62,72)(H,64,80)(H,65,82)(H,73,74)(H,75,76)(H,77,78)/t35-,41+,50+,51-,52-,56+,57-,58-,59+,60+/m1/s1. The fraction of sp³-hybridized carbons (Fsp3) is 0.600. The van der Waals surface area contributed by atoms with Gasteiger partial charge < -0.3 is 65.4 Å². The van der Waals surface area contributed by atoms with Gasteiger partial charge in [-0.15, -0.1) is 0 Å². The molecule has 2 aromatic carbocycles. The van der Waals surface area contributed by atoms with Gasteiger partial charge in [0.05, 0.1) is 52.0 Å². The van der Waals surface area contributed by atoms with Crippen LogP contribution in [0.3, 0.4) is 0 Å². The van der Waals surface area contributed by atoms with E-state index in [1.807, 2.05) is 62.4 Å². The van der Waals surface area contributed by atoms with Gasteiger partial charge in [-0.3, -0.25) is 53.8 Å². The molecule has 1 spiro atoms. The van der Waals surface area contributed by atoms with Gasteiger partial charge >= 0.3 is 30.0 Å². The molecule has 1 unspecified atom stereocenters. The van der Waals surface area contributed by atoms with E-state index in [1.165, 1.54) is 31.1 Å². The third kappa shape index (κ3) is 12.5. The van der Waals surface area contributed by atoms with Crippen LogP contribution in [-0.4, -0.2) is 257 Å².